The summed E-state index contributed by atoms with van der Waals surface area (Å²) in [7, 11) is 0. The third-order valence-corrected chi connectivity index (χ3v) is 3.27. The molecule has 0 bridgehead atoms. The number of nitrogen functional groups attached to an aromatic ring is 1. The molecule has 114 valence electrons. The van der Waals surface area contributed by atoms with Crippen LogP contribution in [0, 0.1) is 0 Å². The van der Waals surface area contributed by atoms with E-state index in [9.17, 15) is 0 Å². The Morgan fingerprint density at radius 3 is 1.89 bits per heavy atom. The quantitative estimate of drug-likeness (QED) is 0.694. The summed E-state index contributed by atoms with van der Waals surface area (Å²) in [5.74, 6) is 0. The van der Waals surface area contributed by atoms with E-state index in [-0.39, 0.29) is 42.8 Å². The number of hydrogen-bond donors (Lipinski definition) is 3. The van der Waals surface area contributed by atoms with Crippen LogP contribution in [-0.4, -0.2) is 12.1 Å². The van der Waals surface area contributed by atoms with Crippen LogP contribution in [0.2, 0.25) is 0 Å². The van der Waals surface area contributed by atoms with Crippen molar-refractivity contribution < 1.29 is 0 Å². The fraction of sp³-hybridized carbons (Fsp3) is 0.538. The largest absolute Gasteiger partial charge is 0.399 e. The van der Waals surface area contributed by atoms with Crippen LogP contribution in [0.3, 0.4) is 0 Å². The summed E-state index contributed by atoms with van der Waals surface area (Å²) in [6, 6.07) is 7.78. The molecule has 19 heavy (non-hydrogen) atoms. The molecule has 0 saturated heterocycles. The van der Waals surface area contributed by atoms with Gasteiger partial charge in [0.15, 0.2) is 0 Å². The van der Waals surface area contributed by atoms with Crippen LogP contribution in [0.5, 0.6) is 0 Å². The second-order valence-corrected chi connectivity index (χ2v) is 4.37. The number of nitrogens with two attached hydrogens (primary N) is 2. The molecule has 0 amide bonds. The molecule has 0 saturated carbocycles. The molecule has 0 atom stereocenters. The Morgan fingerprint density at radius 1 is 1.00 bits per heavy atom. The summed E-state index contributed by atoms with van der Waals surface area (Å²) < 4.78 is 0. The summed E-state index contributed by atoms with van der Waals surface area (Å²) in [5, 5.41) is 3.36. The van der Waals surface area contributed by atoms with E-state index < -0.39 is 0 Å². The Hall–Kier alpha value is -0.350. The van der Waals surface area contributed by atoms with Crippen LogP contribution in [-0.2, 0) is 0 Å². The van der Waals surface area contributed by atoms with E-state index in [1.165, 1.54) is 0 Å². The lowest BCUT2D eigenvalue weighted by molar-refractivity contribution is 0.376. The summed E-state index contributed by atoms with van der Waals surface area (Å²) in [5.41, 5.74) is 13.7. The highest BCUT2D eigenvalue weighted by Gasteiger charge is 2.18. The van der Waals surface area contributed by atoms with Gasteiger partial charge in [0.25, 0.3) is 0 Å². The van der Waals surface area contributed by atoms with Crippen molar-refractivity contribution in [1.82, 2.24) is 0 Å². The third kappa shape index (κ3) is 8.43. The first-order chi connectivity index (χ1) is 7.59. The Morgan fingerprint density at radius 2 is 1.47 bits per heavy atom. The van der Waals surface area contributed by atoms with Crippen molar-refractivity contribution >= 4 is 48.6 Å². The number of benzene rings is 1. The van der Waals surface area contributed by atoms with Gasteiger partial charge < -0.3 is 16.8 Å². The maximum atomic E-state index is 6.22. The molecule has 6 heteroatoms. The second-order valence-electron chi connectivity index (χ2n) is 4.37. The smallest absolute Gasteiger partial charge is 0.0341 e. The Labute approximate surface area is 135 Å². The standard InChI is InChI=1S/C13H23N3.3ClH/c1-3-13(15,4-2)9-10-16-12-7-5-11(14)6-8-12;;;/h5-8,16H,3-4,9-10,14-15H2,1-2H3;3*1H. The van der Waals surface area contributed by atoms with E-state index in [0.29, 0.717) is 0 Å². The minimum atomic E-state index is -0.0270. The molecule has 0 radical (unpaired) electrons. The molecule has 3 nitrogen and oxygen atoms in total. The molecule has 1 aromatic carbocycles. The normalized spacial score (nSPS) is 9.63. The van der Waals surface area contributed by atoms with E-state index in [4.69, 9.17) is 11.5 Å². The fourth-order valence-corrected chi connectivity index (χ4v) is 1.66. The molecule has 0 spiro atoms. The van der Waals surface area contributed by atoms with Crippen LogP contribution in [0.25, 0.3) is 0 Å². The summed E-state index contributed by atoms with van der Waals surface area (Å²) >= 11 is 0. The van der Waals surface area contributed by atoms with Crippen molar-refractivity contribution in [3.63, 3.8) is 0 Å². The molecule has 1 aromatic rings. The van der Waals surface area contributed by atoms with E-state index in [2.05, 4.69) is 19.2 Å². The molecule has 0 aliphatic rings. The van der Waals surface area contributed by atoms with Gasteiger partial charge in [-0.1, -0.05) is 13.8 Å². The zero-order valence-electron chi connectivity index (χ0n) is 11.5. The van der Waals surface area contributed by atoms with Gasteiger partial charge in [0, 0.05) is 23.5 Å². The van der Waals surface area contributed by atoms with E-state index in [0.717, 1.165) is 37.2 Å². The van der Waals surface area contributed by atoms with Crippen molar-refractivity contribution in [2.24, 2.45) is 5.73 Å². The number of rotatable bonds is 6. The molecule has 0 unspecified atom stereocenters. The molecule has 0 fully saturated rings. The Bertz CT molecular complexity index is 313. The lowest BCUT2D eigenvalue weighted by Gasteiger charge is -2.26. The Kier molecular flexibility index (Phi) is 14.3. The molecular formula is C13H26Cl3N3. The molecule has 5 N–H and O–H groups in total. The lowest BCUT2D eigenvalue weighted by atomic mass is 9.90. The van der Waals surface area contributed by atoms with Gasteiger partial charge >= 0.3 is 0 Å². The van der Waals surface area contributed by atoms with Crippen molar-refractivity contribution in [2.45, 2.75) is 38.6 Å². The van der Waals surface area contributed by atoms with Crippen LogP contribution in [0.1, 0.15) is 33.1 Å². The molecule has 0 aliphatic heterocycles. The van der Waals surface area contributed by atoms with Gasteiger partial charge in [-0.2, -0.15) is 0 Å². The highest BCUT2D eigenvalue weighted by Crippen LogP contribution is 2.17. The van der Waals surface area contributed by atoms with Gasteiger partial charge in [-0.15, -0.1) is 37.2 Å². The average molecular weight is 331 g/mol. The van der Waals surface area contributed by atoms with E-state index in [1.807, 2.05) is 24.3 Å². The first kappa shape index (κ1) is 23.7. The predicted molar refractivity (Wildman–Crippen MR) is 93.2 cm³/mol. The molecular weight excluding hydrogens is 305 g/mol. The SMILES string of the molecule is CCC(N)(CC)CCNc1ccc(N)cc1.Cl.Cl.Cl. The van der Waals surface area contributed by atoms with Crippen LogP contribution >= 0.6 is 37.2 Å². The maximum Gasteiger partial charge on any atom is 0.0341 e. The zero-order valence-corrected chi connectivity index (χ0v) is 14.0. The first-order valence-corrected chi connectivity index (χ1v) is 5.98. The Balaban J connectivity index is -0.000000853. The minimum absolute atomic E-state index is 0. The van der Waals surface area contributed by atoms with Gasteiger partial charge in [0.1, 0.15) is 0 Å². The van der Waals surface area contributed by atoms with Crippen molar-refractivity contribution in [3.05, 3.63) is 24.3 Å². The van der Waals surface area contributed by atoms with Crippen molar-refractivity contribution in [2.75, 3.05) is 17.6 Å². The summed E-state index contributed by atoms with van der Waals surface area (Å²) in [4.78, 5) is 0. The van der Waals surface area contributed by atoms with Crippen LogP contribution in [0.15, 0.2) is 24.3 Å². The third-order valence-electron chi connectivity index (χ3n) is 3.27. The number of hydrogen-bond acceptors (Lipinski definition) is 3. The number of anilines is 2. The highest BCUT2D eigenvalue weighted by molar-refractivity contribution is 5.86. The highest BCUT2D eigenvalue weighted by atomic mass is 35.5. The molecule has 0 aliphatic carbocycles. The topological polar surface area (TPSA) is 64.1 Å². The average Bonchev–Trinajstić information content (AvgIpc) is 2.31. The first-order valence-electron chi connectivity index (χ1n) is 5.98. The van der Waals surface area contributed by atoms with Gasteiger partial charge in [0.05, 0.1) is 0 Å². The predicted octanol–water partition coefficient (Wildman–Crippen LogP) is 3.85. The lowest BCUT2D eigenvalue weighted by Crippen LogP contribution is -2.40. The molecule has 0 aromatic heterocycles. The molecule has 0 heterocycles. The second kappa shape index (κ2) is 11.5. The van der Waals surface area contributed by atoms with Gasteiger partial charge in [-0.3, -0.25) is 0 Å². The maximum absolute atomic E-state index is 6.22. The van der Waals surface area contributed by atoms with E-state index in [1.54, 1.807) is 0 Å². The zero-order chi connectivity index (χ0) is 12.0. The van der Waals surface area contributed by atoms with Crippen LogP contribution in [0.4, 0.5) is 11.4 Å². The molecule has 1 rings (SSSR count). The minimum Gasteiger partial charge on any atom is -0.399 e. The van der Waals surface area contributed by atoms with Gasteiger partial charge in [0.2, 0.25) is 0 Å². The van der Waals surface area contributed by atoms with Gasteiger partial charge in [-0.05, 0) is 43.5 Å². The monoisotopic (exact) mass is 329 g/mol. The summed E-state index contributed by atoms with van der Waals surface area (Å²) in [6.45, 7) is 5.20. The fourth-order valence-electron chi connectivity index (χ4n) is 1.66. The van der Waals surface area contributed by atoms with Crippen molar-refractivity contribution in [1.29, 1.82) is 0 Å². The van der Waals surface area contributed by atoms with E-state index >= 15 is 0 Å². The van der Waals surface area contributed by atoms with Gasteiger partial charge in [-0.25, -0.2) is 0 Å². The van der Waals surface area contributed by atoms with Crippen LogP contribution < -0.4 is 16.8 Å². The number of halogens is 3. The van der Waals surface area contributed by atoms with Crippen molar-refractivity contribution in [3.8, 4) is 0 Å². The number of nitrogens with one attached hydrogen (secondary N) is 1. The summed E-state index contributed by atoms with van der Waals surface area (Å²) in [6.07, 6.45) is 3.03.